The zero-order chi connectivity index (χ0) is 10.2. The van der Waals surface area contributed by atoms with Crippen molar-refractivity contribution in [2.75, 3.05) is 0 Å². The molecular formula is C5H14NO5P. The number of aliphatic hydroxyl groups is 2. The Morgan fingerprint density at radius 3 is 1.50 bits per heavy atom. The number of aliphatic hydroxyl groups excluding tert-OH is 2. The van der Waals surface area contributed by atoms with E-state index in [1.165, 1.54) is 0 Å². The van der Waals surface area contributed by atoms with Crippen LogP contribution in [0.2, 0.25) is 0 Å². The van der Waals surface area contributed by atoms with E-state index in [4.69, 9.17) is 25.7 Å². The second kappa shape index (κ2) is 3.41. The SMILES string of the molecule is CC(O)C(N)(C(C)O)P(=O)(O)O. The van der Waals surface area contributed by atoms with Gasteiger partial charge < -0.3 is 25.7 Å². The normalized spacial score (nSPS) is 22.9. The zero-order valence-corrected chi connectivity index (χ0v) is 7.77. The van der Waals surface area contributed by atoms with Gasteiger partial charge in [0, 0.05) is 0 Å². The van der Waals surface area contributed by atoms with E-state index in [0.717, 1.165) is 13.8 Å². The van der Waals surface area contributed by atoms with E-state index in [9.17, 15) is 4.57 Å². The van der Waals surface area contributed by atoms with E-state index in [1.807, 2.05) is 0 Å². The van der Waals surface area contributed by atoms with Crippen LogP contribution in [0.15, 0.2) is 0 Å². The summed E-state index contributed by atoms with van der Waals surface area (Å²) in [4.78, 5) is 17.5. The Kier molecular flexibility index (Phi) is 3.42. The van der Waals surface area contributed by atoms with Gasteiger partial charge in [-0.15, -0.1) is 0 Å². The molecule has 0 radical (unpaired) electrons. The standard InChI is InChI=1S/C5H14NO5P/c1-3(7)5(6,4(2)8)12(9,10)11/h3-4,7-8H,6H2,1-2H3,(H2,9,10,11). The lowest BCUT2D eigenvalue weighted by Crippen LogP contribution is -2.56. The highest BCUT2D eigenvalue weighted by atomic mass is 31.2. The van der Waals surface area contributed by atoms with E-state index in [-0.39, 0.29) is 0 Å². The van der Waals surface area contributed by atoms with Crippen LogP contribution in [0.1, 0.15) is 13.8 Å². The van der Waals surface area contributed by atoms with Gasteiger partial charge in [0.2, 0.25) is 0 Å². The summed E-state index contributed by atoms with van der Waals surface area (Å²) in [6, 6.07) is 0. The van der Waals surface area contributed by atoms with Crippen LogP contribution in [-0.4, -0.2) is 37.5 Å². The largest absolute Gasteiger partial charge is 0.391 e. The fourth-order valence-electron chi connectivity index (χ4n) is 0.836. The average molecular weight is 199 g/mol. The third-order valence-electron chi connectivity index (χ3n) is 1.84. The number of hydrogen-bond acceptors (Lipinski definition) is 4. The van der Waals surface area contributed by atoms with E-state index >= 15 is 0 Å². The lowest BCUT2D eigenvalue weighted by molar-refractivity contribution is 0.0386. The number of hydrogen-bond donors (Lipinski definition) is 5. The predicted molar refractivity (Wildman–Crippen MR) is 42.3 cm³/mol. The van der Waals surface area contributed by atoms with Gasteiger partial charge in [0.25, 0.3) is 0 Å². The van der Waals surface area contributed by atoms with Gasteiger partial charge in [-0.05, 0) is 13.8 Å². The monoisotopic (exact) mass is 199 g/mol. The van der Waals surface area contributed by atoms with Crippen LogP contribution in [0.4, 0.5) is 0 Å². The molecule has 2 atom stereocenters. The molecule has 12 heavy (non-hydrogen) atoms. The highest BCUT2D eigenvalue weighted by Crippen LogP contribution is 2.50. The van der Waals surface area contributed by atoms with Crippen molar-refractivity contribution in [2.24, 2.45) is 5.73 Å². The van der Waals surface area contributed by atoms with Crippen molar-refractivity contribution in [2.45, 2.75) is 31.3 Å². The van der Waals surface area contributed by atoms with E-state index in [1.54, 1.807) is 0 Å². The van der Waals surface area contributed by atoms with Gasteiger partial charge in [-0.25, -0.2) is 0 Å². The first-order valence-corrected chi connectivity index (χ1v) is 4.96. The minimum Gasteiger partial charge on any atom is -0.391 e. The molecule has 0 bridgehead atoms. The molecule has 0 rings (SSSR count). The Bertz CT molecular complexity index is 190. The van der Waals surface area contributed by atoms with Crippen molar-refractivity contribution in [1.82, 2.24) is 0 Å². The van der Waals surface area contributed by atoms with Gasteiger partial charge in [-0.1, -0.05) is 0 Å². The predicted octanol–water partition coefficient (Wildman–Crippen LogP) is -1.42. The summed E-state index contributed by atoms with van der Waals surface area (Å²) in [6.45, 7) is 2.23. The first-order chi connectivity index (χ1) is 5.14. The van der Waals surface area contributed by atoms with Gasteiger partial charge in [-0.3, -0.25) is 4.57 Å². The van der Waals surface area contributed by atoms with Gasteiger partial charge in [-0.2, -0.15) is 0 Å². The fraction of sp³-hybridized carbons (Fsp3) is 1.00. The quantitative estimate of drug-likeness (QED) is 0.355. The molecule has 0 aliphatic rings. The van der Waals surface area contributed by atoms with Crippen LogP contribution in [0.5, 0.6) is 0 Å². The van der Waals surface area contributed by atoms with Crippen molar-refractivity contribution < 1.29 is 24.6 Å². The molecule has 0 aromatic heterocycles. The van der Waals surface area contributed by atoms with Crippen molar-refractivity contribution in [3.8, 4) is 0 Å². The van der Waals surface area contributed by atoms with Gasteiger partial charge in [0.1, 0.15) is 0 Å². The van der Waals surface area contributed by atoms with Crippen LogP contribution in [0, 0.1) is 0 Å². The Hall–Kier alpha value is 0.0300. The summed E-state index contributed by atoms with van der Waals surface area (Å²) in [5.74, 6) is 0. The Labute approximate surface area is 70.2 Å². The van der Waals surface area contributed by atoms with E-state index in [0.29, 0.717) is 0 Å². The first-order valence-electron chi connectivity index (χ1n) is 3.34. The number of nitrogens with two attached hydrogens (primary N) is 1. The lowest BCUT2D eigenvalue weighted by atomic mass is 10.1. The van der Waals surface area contributed by atoms with E-state index < -0.39 is 25.1 Å². The highest BCUT2D eigenvalue weighted by Gasteiger charge is 2.51. The summed E-state index contributed by atoms with van der Waals surface area (Å²) >= 11 is 0. The first kappa shape index (κ1) is 12.0. The minimum absolute atomic E-state index is 1.12. The molecule has 0 saturated heterocycles. The lowest BCUT2D eigenvalue weighted by Gasteiger charge is -2.35. The molecule has 0 aromatic carbocycles. The molecule has 2 unspecified atom stereocenters. The maximum absolute atomic E-state index is 10.8. The van der Waals surface area contributed by atoms with Crippen LogP contribution >= 0.6 is 7.60 Å². The molecule has 7 heteroatoms. The van der Waals surface area contributed by atoms with Crippen molar-refractivity contribution in [1.29, 1.82) is 0 Å². The Morgan fingerprint density at radius 1 is 1.25 bits per heavy atom. The summed E-state index contributed by atoms with van der Waals surface area (Å²) < 4.78 is 10.8. The summed E-state index contributed by atoms with van der Waals surface area (Å²) in [5.41, 5.74) is 5.20. The minimum atomic E-state index is -4.72. The highest BCUT2D eigenvalue weighted by molar-refractivity contribution is 7.53. The molecule has 6 nitrogen and oxygen atoms in total. The van der Waals surface area contributed by atoms with Gasteiger partial charge in [0.05, 0.1) is 12.2 Å². The van der Waals surface area contributed by atoms with E-state index in [2.05, 4.69) is 0 Å². The fourth-order valence-corrected chi connectivity index (χ4v) is 1.81. The zero-order valence-electron chi connectivity index (χ0n) is 6.88. The summed E-state index contributed by atoms with van der Waals surface area (Å²) in [6.07, 6.45) is -2.98. The molecule has 0 aliphatic carbocycles. The summed E-state index contributed by atoms with van der Waals surface area (Å²) in [7, 11) is -4.72. The second-order valence-electron chi connectivity index (χ2n) is 2.78. The molecule has 0 fully saturated rings. The average Bonchev–Trinajstić information content (AvgIpc) is 1.82. The number of rotatable bonds is 3. The molecular weight excluding hydrogens is 185 g/mol. The Morgan fingerprint density at radius 2 is 1.50 bits per heavy atom. The smallest absolute Gasteiger partial charge is 0.350 e. The second-order valence-corrected chi connectivity index (χ2v) is 4.65. The molecule has 0 spiro atoms. The third kappa shape index (κ3) is 1.85. The summed E-state index contributed by atoms with van der Waals surface area (Å²) in [5, 5.41) is 15.7. The molecule has 0 aromatic rings. The molecule has 6 N–H and O–H groups in total. The molecule has 0 saturated carbocycles. The molecule has 74 valence electrons. The maximum atomic E-state index is 10.8. The van der Waals surface area contributed by atoms with Crippen LogP contribution < -0.4 is 5.73 Å². The molecule has 0 amide bonds. The van der Waals surface area contributed by atoms with Crippen LogP contribution in [0.25, 0.3) is 0 Å². The molecule has 0 aliphatic heterocycles. The topological polar surface area (TPSA) is 124 Å². The van der Waals surface area contributed by atoms with Crippen molar-refractivity contribution in [3.63, 3.8) is 0 Å². The third-order valence-corrected chi connectivity index (χ3v) is 3.60. The van der Waals surface area contributed by atoms with Gasteiger partial charge in [0.15, 0.2) is 5.28 Å². The maximum Gasteiger partial charge on any atom is 0.350 e. The van der Waals surface area contributed by atoms with Gasteiger partial charge >= 0.3 is 7.60 Å². The van der Waals surface area contributed by atoms with Crippen LogP contribution in [-0.2, 0) is 4.57 Å². The van der Waals surface area contributed by atoms with Crippen molar-refractivity contribution in [3.05, 3.63) is 0 Å². The van der Waals surface area contributed by atoms with Crippen molar-refractivity contribution >= 4 is 7.60 Å². The Balaban J connectivity index is 5.03. The molecule has 0 heterocycles. The van der Waals surface area contributed by atoms with Crippen LogP contribution in [0.3, 0.4) is 0 Å².